The lowest BCUT2D eigenvalue weighted by molar-refractivity contribution is -0.117. The second-order valence-electron chi connectivity index (χ2n) is 3.55. The molecule has 0 bridgehead atoms. The number of hydrogen-bond acceptors (Lipinski definition) is 2. The molecule has 0 aromatic heterocycles. The lowest BCUT2D eigenvalue weighted by Gasteiger charge is -2.27. The third kappa shape index (κ3) is 2.02. The molecule has 2 rings (SSSR count). The fourth-order valence-corrected chi connectivity index (χ4v) is 2.32. The van der Waals surface area contributed by atoms with E-state index in [4.69, 9.17) is 0 Å². The minimum Gasteiger partial charge on any atom is -0.369 e. The quantitative estimate of drug-likeness (QED) is 0.702. The Morgan fingerprint density at radius 2 is 2.38 bits per heavy atom. The van der Waals surface area contributed by atoms with E-state index < -0.39 is 0 Å². The minimum atomic E-state index is 0.407. The van der Waals surface area contributed by atoms with Gasteiger partial charge in [-0.3, -0.25) is 4.79 Å². The van der Waals surface area contributed by atoms with E-state index >= 15 is 0 Å². The number of ketones is 1. The van der Waals surface area contributed by atoms with Gasteiger partial charge in [0.05, 0.1) is 0 Å². The van der Waals surface area contributed by atoms with Crippen LogP contribution in [0.4, 0.5) is 0 Å². The number of carbonyl (C=O) groups excluding carboxylic acids is 1. The molecule has 3 heteroatoms. The maximum absolute atomic E-state index is 11.1. The van der Waals surface area contributed by atoms with E-state index in [0.29, 0.717) is 11.8 Å². The van der Waals surface area contributed by atoms with Crippen LogP contribution in [0.3, 0.4) is 0 Å². The summed E-state index contributed by atoms with van der Waals surface area (Å²) in [5.74, 6) is 0.407. The highest BCUT2D eigenvalue weighted by molar-refractivity contribution is 9.11. The molecule has 0 N–H and O–H groups in total. The molecule has 1 aliphatic heterocycles. The molecule has 70 valence electrons. The van der Waals surface area contributed by atoms with E-state index in [0.717, 1.165) is 30.3 Å². The van der Waals surface area contributed by atoms with Gasteiger partial charge in [0.25, 0.3) is 0 Å². The van der Waals surface area contributed by atoms with Crippen molar-refractivity contribution in [3.8, 4) is 0 Å². The zero-order chi connectivity index (χ0) is 9.26. The molecule has 0 spiro atoms. The van der Waals surface area contributed by atoms with E-state index in [1.54, 1.807) is 0 Å². The first-order valence-electron chi connectivity index (χ1n) is 4.57. The average molecular weight is 242 g/mol. The second-order valence-corrected chi connectivity index (χ2v) is 4.46. The smallest absolute Gasteiger partial charge is 0.135 e. The first-order chi connectivity index (χ1) is 6.25. The van der Waals surface area contributed by atoms with Gasteiger partial charge in [0, 0.05) is 36.1 Å². The van der Waals surface area contributed by atoms with Gasteiger partial charge in [0.1, 0.15) is 5.78 Å². The molecule has 0 radical (unpaired) electrons. The Labute approximate surface area is 86.4 Å². The molecule has 13 heavy (non-hydrogen) atoms. The van der Waals surface area contributed by atoms with Crippen molar-refractivity contribution in [2.75, 3.05) is 6.54 Å². The lowest BCUT2D eigenvalue weighted by atomic mass is 10.2. The standard InChI is InChI=1S/C10H12BrNO/c11-8-2-1-5-12(7-8)9-3-4-10(13)6-9/h1-2,7,9H,3-6H2. The fraction of sp³-hybridized carbons (Fsp3) is 0.500. The molecule has 0 aromatic rings. The summed E-state index contributed by atoms with van der Waals surface area (Å²) in [6, 6.07) is 0.435. The zero-order valence-corrected chi connectivity index (χ0v) is 8.96. The van der Waals surface area contributed by atoms with Crippen LogP contribution in [0.25, 0.3) is 0 Å². The van der Waals surface area contributed by atoms with Crippen LogP contribution in [0.15, 0.2) is 22.8 Å². The Bertz CT molecular complexity index is 283. The molecular weight excluding hydrogens is 230 g/mol. The van der Waals surface area contributed by atoms with Crippen molar-refractivity contribution in [3.63, 3.8) is 0 Å². The molecule has 0 aromatic carbocycles. The van der Waals surface area contributed by atoms with E-state index in [1.807, 2.05) is 6.08 Å². The van der Waals surface area contributed by atoms with Crippen molar-refractivity contribution in [3.05, 3.63) is 22.8 Å². The van der Waals surface area contributed by atoms with Crippen molar-refractivity contribution < 1.29 is 4.79 Å². The molecule has 1 atom stereocenters. The lowest BCUT2D eigenvalue weighted by Crippen LogP contribution is -2.30. The maximum atomic E-state index is 11.1. The highest BCUT2D eigenvalue weighted by Gasteiger charge is 2.26. The third-order valence-corrected chi connectivity index (χ3v) is 3.04. The topological polar surface area (TPSA) is 20.3 Å². The van der Waals surface area contributed by atoms with Gasteiger partial charge >= 0.3 is 0 Å². The Balaban J connectivity index is 2.02. The van der Waals surface area contributed by atoms with Crippen LogP contribution in [-0.4, -0.2) is 23.3 Å². The van der Waals surface area contributed by atoms with Gasteiger partial charge in [-0.1, -0.05) is 6.08 Å². The van der Waals surface area contributed by atoms with Crippen LogP contribution in [0, 0.1) is 0 Å². The summed E-state index contributed by atoms with van der Waals surface area (Å²) in [7, 11) is 0. The van der Waals surface area contributed by atoms with E-state index in [9.17, 15) is 4.79 Å². The van der Waals surface area contributed by atoms with Crippen LogP contribution in [0.5, 0.6) is 0 Å². The first-order valence-corrected chi connectivity index (χ1v) is 5.36. The van der Waals surface area contributed by atoms with Gasteiger partial charge in [0.2, 0.25) is 0 Å². The number of carbonyl (C=O) groups is 1. The predicted molar refractivity (Wildman–Crippen MR) is 55.5 cm³/mol. The highest BCUT2D eigenvalue weighted by Crippen LogP contribution is 2.24. The normalized spacial score (nSPS) is 28.1. The Hall–Kier alpha value is -0.570. The first kappa shape index (κ1) is 9.00. The third-order valence-electron chi connectivity index (χ3n) is 2.57. The van der Waals surface area contributed by atoms with Gasteiger partial charge in [-0.2, -0.15) is 0 Å². The molecule has 1 saturated carbocycles. The molecular formula is C10H12BrNO. The van der Waals surface area contributed by atoms with Crippen molar-refractivity contribution >= 4 is 21.7 Å². The van der Waals surface area contributed by atoms with Crippen molar-refractivity contribution in [1.82, 2.24) is 4.90 Å². The van der Waals surface area contributed by atoms with Crippen LogP contribution < -0.4 is 0 Å². The average Bonchev–Trinajstić information content (AvgIpc) is 2.52. The zero-order valence-electron chi connectivity index (χ0n) is 7.37. The van der Waals surface area contributed by atoms with Gasteiger partial charge in [-0.05, 0) is 28.4 Å². The maximum Gasteiger partial charge on any atom is 0.135 e. The highest BCUT2D eigenvalue weighted by atomic mass is 79.9. The van der Waals surface area contributed by atoms with Crippen molar-refractivity contribution in [1.29, 1.82) is 0 Å². The SMILES string of the molecule is O=C1CCC(N2C=C(Br)C=CC2)C1. The second kappa shape index (κ2) is 3.66. The van der Waals surface area contributed by atoms with E-state index in [1.165, 1.54) is 0 Å². The molecule has 1 unspecified atom stereocenters. The Morgan fingerprint density at radius 1 is 1.54 bits per heavy atom. The summed E-state index contributed by atoms with van der Waals surface area (Å²) >= 11 is 3.44. The molecule has 1 heterocycles. The van der Waals surface area contributed by atoms with Crippen LogP contribution >= 0.6 is 15.9 Å². The Morgan fingerprint density at radius 3 is 3.00 bits per heavy atom. The summed E-state index contributed by atoms with van der Waals surface area (Å²) in [6.45, 7) is 0.938. The summed E-state index contributed by atoms with van der Waals surface area (Å²) < 4.78 is 1.10. The number of Topliss-reactive ketones (excluding diaryl/α,β-unsaturated/α-hetero) is 1. The molecule has 1 aliphatic carbocycles. The summed E-state index contributed by atoms with van der Waals surface area (Å²) in [5, 5.41) is 0. The number of nitrogens with zero attached hydrogens (tertiary/aromatic N) is 1. The number of allylic oxidation sites excluding steroid dienone is 2. The number of halogens is 1. The van der Waals surface area contributed by atoms with Gasteiger partial charge in [-0.15, -0.1) is 0 Å². The fourth-order valence-electron chi connectivity index (χ4n) is 1.87. The molecule has 0 amide bonds. The van der Waals surface area contributed by atoms with Gasteiger partial charge in [-0.25, -0.2) is 0 Å². The largest absolute Gasteiger partial charge is 0.369 e. The monoisotopic (exact) mass is 241 g/mol. The molecule has 0 saturated heterocycles. The van der Waals surface area contributed by atoms with Crippen LogP contribution in [0.2, 0.25) is 0 Å². The van der Waals surface area contributed by atoms with E-state index in [2.05, 4.69) is 33.1 Å². The van der Waals surface area contributed by atoms with Crippen molar-refractivity contribution in [2.45, 2.75) is 25.3 Å². The molecule has 2 aliphatic rings. The van der Waals surface area contributed by atoms with Crippen molar-refractivity contribution in [2.24, 2.45) is 0 Å². The Kier molecular flexibility index (Phi) is 2.54. The van der Waals surface area contributed by atoms with Gasteiger partial charge < -0.3 is 4.90 Å². The van der Waals surface area contributed by atoms with Gasteiger partial charge in [0.15, 0.2) is 0 Å². The summed E-state index contributed by atoms with van der Waals surface area (Å²) in [5.41, 5.74) is 0. The number of rotatable bonds is 1. The van der Waals surface area contributed by atoms with Crippen LogP contribution in [-0.2, 0) is 4.79 Å². The van der Waals surface area contributed by atoms with Crippen LogP contribution in [0.1, 0.15) is 19.3 Å². The van der Waals surface area contributed by atoms with E-state index in [-0.39, 0.29) is 0 Å². The molecule has 1 fully saturated rings. The number of hydrogen-bond donors (Lipinski definition) is 0. The minimum absolute atomic E-state index is 0.407. The predicted octanol–water partition coefficient (Wildman–Crippen LogP) is 2.22. The molecule has 2 nitrogen and oxygen atoms in total. The summed E-state index contributed by atoms with van der Waals surface area (Å²) in [4.78, 5) is 13.3. The summed E-state index contributed by atoms with van der Waals surface area (Å²) in [6.07, 6.45) is 8.76.